The number of sulfonamides is 1. The lowest BCUT2D eigenvalue weighted by atomic mass is 10.2. The molecule has 7 heteroatoms. The lowest BCUT2D eigenvalue weighted by molar-refractivity contribution is 0.579. The molecule has 1 aliphatic heterocycles. The zero-order valence-corrected chi connectivity index (χ0v) is 12.8. The Balaban J connectivity index is 2.06. The van der Waals surface area contributed by atoms with Gasteiger partial charge in [-0.05, 0) is 31.6 Å². The molecule has 1 aliphatic rings. The molecule has 1 fully saturated rings. The van der Waals surface area contributed by atoms with Crippen molar-refractivity contribution >= 4 is 33.1 Å². The number of thioether (sulfide) groups is 1. The van der Waals surface area contributed by atoms with Crippen LogP contribution < -0.4 is 10.5 Å². The summed E-state index contributed by atoms with van der Waals surface area (Å²) in [4.78, 5) is 2.10. The average Bonchev–Trinajstić information content (AvgIpc) is 2.95. The number of aryl methyl sites for hydroxylation is 1. The Kier molecular flexibility index (Phi) is 4.71. The van der Waals surface area contributed by atoms with Crippen molar-refractivity contribution in [2.45, 2.75) is 36.5 Å². The van der Waals surface area contributed by atoms with Gasteiger partial charge in [0.15, 0.2) is 0 Å². The second kappa shape index (κ2) is 5.92. The molecule has 0 aliphatic carbocycles. The second-order valence-electron chi connectivity index (χ2n) is 4.32. The van der Waals surface area contributed by atoms with Crippen molar-refractivity contribution in [1.29, 1.82) is 0 Å². The van der Waals surface area contributed by atoms with E-state index < -0.39 is 10.0 Å². The Bertz CT molecular complexity index is 504. The van der Waals surface area contributed by atoms with Crippen molar-refractivity contribution in [1.82, 2.24) is 4.72 Å². The molecule has 4 nitrogen and oxygen atoms in total. The third-order valence-corrected chi connectivity index (χ3v) is 7.09. The van der Waals surface area contributed by atoms with E-state index in [-0.39, 0.29) is 0 Å². The summed E-state index contributed by atoms with van der Waals surface area (Å²) in [5.74, 6) is 1.14. The van der Waals surface area contributed by atoms with Crippen LogP contribution in [-0.4, -0.2) is 26.0 Å². The van der Waals surface area contributed by atoms with E-state index >= 15 is 0 Å². The smallest absolute Gasteiger partial charge is 0.241 e. The highest BCUT2D eigenvalue weighted by atomic mass is 32.2. The summed E-state index contributed by atoms with van der Waals surface area (Å²) < 4.78 is 27.1. The maximum Gasteiger partial charge on any atom is 0.241 e. The highest BCUT2D eigenvalue weighted by molar-refractivity contribution is 8.00. The molecule has 1 unspecified atom stereocenters. The van der Waals surface area contributed by atoms with E-state index in [0.717, 1.165) is 21.9 Å². The molecule has 3 N–H and O–H groups in total. The van der Waals surface area contributed by atoms with Gasteiger partial charge in [-0.15, -0.1) is 11.3 Å². The summed E-state index contributed by atoms with van der Waals surface area (Å²) in [5, 5.41) is 0.424. The van der Waals surface area contributed by atoms with Gasteiger partial charge in [-0.3, -0.25) is 0 Å². The van der Waals surface area contributed by atoms with Crippen LogP contribution in [0.4, 0.5) is 0 Å². The molecule has 1 aromatic heterocycles. The molecule has 0 spiro atoms. The number of nitrogens with two attached hydrogens (primary N) is 1. The van der Waals surface area contributed by atoms with Crippen molar-refractivity contribution in [2.75, 3.05) is 12.3 Å². The monoisotopic (exact) mass is 306 g/mol. The molecule has 102 valence electrons. The van der Waals surface area contributed by atoms with Crippen molar-refractivity contribution in [3.05, 3.63) is 15.8 Å². The molecule has 1 aromatic rings. The van der Waals surface area contributed by atoms with Gasteiger partial charge in [0.05, 0.1) is 4.90 Å². The Hall–Kier alpha value is -0.0800. The normalized spacial score (nSPS) is 20.4. The molecule has 2 heterocycles. The Morgan fingerprint density at radius 1 is 1.56 bits per heavy atom. The average molecular weight is 306 g/mol. The van der Waals surface area contributed by atoms with Crippen LogP contribution in [0.5, 0.6) is 0 Å². The van der Waals surface area contributed by atoms with Crippen molar-refractivity contribution in [3.8, 4) is 0 Å². The molecule has 1 atom stereocenters. The van der Waals surface area contributed by atoms with E-state index in [9.17, 15) is 8.42 Å². The fourth-order valence-electron chi connectivity index (χ4n) is 1.98. The van der Waals surface area contributed by atoms with E-state index in [1.807, 2.05) is 18.7 Å². The first-order chi connectivity index (χ1) is 8.53. The third kappa shape index (κ3) is 3.27. The van der Waals surface area contributed by atoms with E-state index in [1.165, 1.54) is 17.8 Å². The molecule has 1 saturated heterocycles. The SMILES string of the molecule is Cc1sc(CN)cc1S(=O)(=O)NCC1CCCS1. The van der Waals surface area contributed by atoms with Gasteiger partial charge in [-0.25, -0.2) is 13.1 Å². The zero-order valence-electron chi connectivity index (χ0n) is 10.3. The number of rotatable bonds is 5. The maximum absolute atomic E-state index is 12.2. The van der Waals surface area contributed by atoms with Gasteiger partial charge >= 0.3 is 0 Å². The zero-order chi connectivity index (χ0) is 13.2. The predicted octanol–water partition coefficient (Wildman–Crippen LogP) is 1.69. The van der Waals surface area contributed by atoms with E-state index in [4.69, 9.17) is 5.73 Å². The molecule has 0 saturated carbocycles. The van der Waals surface area contributed by atoms with Crippen LogP contribution >= 0.6 is 23.1 Å². The Labute approximate surface area is 116 Å². The first-order valence-corrected chi connectivity index (χ1v) is 9.28. The van der Waals surface area contributed by atoms with Gasteiger partial charge in [0.1, 0.15) is 0 Å². The lowest BCUT2D eigenvalue weighted by Crippen LogP contribution is -2.29. The van der Waals surface area contributed by atoms with Crippen LogP contribution in [0.25, 0.3) is 0 Å². The van der Waals surface area contributed by atoms with E-state index in [2.05, 4.69) is 4.72 Å². The molecular formula is C11H18N2O2S3. The summed E-state index contributed by atoms with van der Waals surface area (Å²) in [7, 11) is -3.38. The first-order valence-electron chi connectivity index (χ1n) is 5.93. The molecule has 2 rings (SSSR count). The van der Waals surface area contributed by atoms with Gasteiger partial charge < -0.3 is 5.73 Å². The predicted molar refractivity (Wildman–Crippen MR) is 77.6 cm³/mol. The third-order valence-electron chi connectivity index (χ3n) is 2.94. The minimum Gasteiger partial charge on any atom is -0.326 e. The van der Waals surface area contributed by atoms with Gasteiger partial charge in [-0.2, -0.15) is 11.8 Å². The van der Waals surface area contributed by atoms with E-state index in [1.54, 1.807) is 6.07 Å². The van der Waals surface area contributed by atoms with Crippen LogP contribution in [-0.2, 0) is 16.6 Å². The summed E-state index contributed by atoms with van der Waals surface area (Å²) in [5.41, 5.74) is 5.54. The molecule has 0 aromatic carbocycles. The fraction of sp³-hybridized carbons (Fsp3) is 0.636. The van der Waals surface area contributed by atoms with Gasteiger partial charge in [0, 0.05) is 28.1 Å². The Morgan fingerprint density at radius 2 is 2.33 bits per heavy atom. The van der Waals surface area contributed by atoms with Crippen molar-refractivity contribution < 1.29 is 8.42 Å². The quantitative estimate of drug-likeness (QED) is 0.868. The van der Waals surface area contributed by atoms with Crippen LogP contribution in [0.15, 0.2) is 11.0 Å². The number of nitrogens with one attached hydrogen (secondary N) is 1. The van der Waals surface area contributed by atoms with Crippen molar-refractivity contribution in [3.63, 3.8) is 0 Å². The van der Waals surface area contributed by atoms with Gasteiger partial charge in [0.2, 0.25) is 10.0 Å². The summed E-state index contributed by atoms with van der Waals surface area (Å²) >= 11 is 3.30. The van der Waals surface area contributed by atoms with Gasteiger partial charge in [0.25, 0.3) is 0 Å². The lowest BCUT2D eigenvalue weighted by Gasteiger charge is -2.10. The minimum atomic E-state index is -3.38. The molecule has 0 radical (unpaired) electrons. The summed E-state index contributed by atoms with van der Waals surface area (Å²) in [6.45, 7) is 2.74. The van der Waals surface area contributed by atoms with Crippen LogP contribution in [0, 0.1) is 6.92 Å². The van der Waals surface area contributed by atoms with Crippen LogP contribution in [0.2, 0.25) is 0 Å². The highest BCUT2D eigenvalue weighted by Gasteiger charge is 2.22. The first kappa shape index (κ1) is 14.3. The summed E-state index contributed by atoms with van der Waals surface area (Å²) in [6.07, 6.45) is 2.29. The molecular weight excluding hydrogens is 288 g/mol. The number of hydrogen-bond donors (Lipinski definition) is 2. The molecule has 0 amide bonds. The van der Waals surface area contributed by atoms with Crippen LogP contribution in [0.1, 0.15) is 22.6 Å². The maximum atomic E-state index is 12.2. The Morgan fingerprint density at radius 3 is 2.89 bits per heavy atom. The number of thiophene rings is 1. The molecule has 0 bridgehead atoms. The van der Waals surface area contributed by atoms with Gasteiger partial charge in [-0.1, -0.05) is 0 Å². The highest BCUT2D eigenvalue weighted by Crippen LogP contribution is 2.27. The minimum absolute atomic E-state index is 0.385. The van der Waals surface area contributed by atoms with Crippen molar-refractivity contribution in [2.24, 2.45) is 5.73 Å². The molecule has 18 heavy (non-hydrogen) atoms. The fourth-order valence-corrected chi connectivity index (χ4v) is 5.88. The second-order valence-corrected chi connectivity index (χ2v) is 8.81. The topological polar surface area (TPSA) is 72.2 Å². The summed E-state index contributed by atoms with van der Waals surface area (Å²) in [6, 6.07) is 1.68. The largest absolute Gasteiger partial charge is 0.326 e. The van der Waals surface area contributed by atoms with Crippen LogP contribution in [0.3, 0.4) is 0 Å². The number of hydrogen-bond acceptors (Lipinski definition) is 5. The van der Waals surface area contributed by atoms with E-state index in [0.29, 0.717) is 23.2 Å². The standard InChI is InChI=1S/C11H18N2O2S3/c1-8-11(5-10(6-12)17-8)18(14,15)13-7-9-3-2-4-16-9/h5,9,13H,2-4,6-7,12H2,1H3.